The maximum Gasteiger partial charge on any atom is 2.00 e. The molecule has 0 aliphatic rings. The SMILES string of the molecule is Nc1ccc(S(=O)(=O)[O-])c2cc(S(=O)(=O)[O-])c(N=Nc3ccc(S(=O)(=O)CCOS(=O)(=O)[O-])cc3[O-])c([O-])c12.[Cu+2].[H+].[H+].[H+]. The van der Waals surface area contributed by atoms with E-state index in [9.17, 15) is 57.5 Å². The van der Waals surface area contributed by atoms with Gasteiger partial charge in [0, 0.05) is 16.5 Å². The summed E-state index contributed by atoms with van der Waals surface area (Å²) in [5.74, 6) is -3.57. The van der Waals surface area contributed by atoms with Crippen molar-refractivity contribution in [2.75, 3.05) is 18.1 Å². The number of benzene rings is 3. The van der Waals surface area contributed by atoms with E-state index in [-0.39, 0.29) is 21.3 Å². The van der Waals surface area contributed by atoms with Crippen LogP contribution >= 0.6 is 0 Å². The van der Waals surface area contributed by atoms with E-state index in [1.807, 2.05) is 0 Å². The molecule has 0 bridgehead atoms. The zero-order chi connectivity index (χ0) is 29.6. The molecule has 0 fully saturated rings. The summed E-state index contributed by atoms with van der Waals surface area (Å²) in [6.07, 6.45) is 0. The number of nitrogen functional groups attached to an aromatic ring is 1. The molecule has 3 rings (SSSR count). The molecular weight excluding hydrogens is 674 g/mol. The van der Waals surface area contributed by atoms with Gasteiger partial charge in [-0.05, 0) is 36.4 Å². The van der Waals surface area contributed by atoms with Crippen molar-refractivity contribution in [3.8, 4) is 11.5 Å². The molecule has 0 saturated heterocycles. The van der Waals surface area contributed by atoms with Crippen LogP contribution in [0, 0.1) is 0 Å². The number of nitrogens with two attached hydrogens (primary N) is 1. The number of fused-ring (bicyclic) bond motifs is 1. The third kappa shape index (κ3) is 7.42. The van der Waals surface area contributed by atoms with Crippen LogP contribution in [-0.2, 0) is 61.7 Å². The van der Waals surface area contributed by atoms with Crippen molar-refractivity contribution >= 4 is 68.3 Å². The van der Waals surface area contributed by atoms with Gasteiger partial charge in [-0.15, -0.1) is 5.11 Å². The van der Waals surface area contributed by atoms with E-state index >= 15 is 0 Å². The normalized spacial score (nSPS) is 13.0. The third-order valence-corrected chi connectivity index (χ3v) is 8.73. The second-order valence-electron chi connectivity index (χ2n) is 7.41. The molecule has 0 aliphatic heterocycles. The van der Waals surface area contributed by atoms with Gasteiger partial charge in [0.15, 0.2) is 9.84 Å². The Morgan fingerprint density at radius 2 is 1.43 bits per heavy atom. The van der Waals surface area contributed by atoms with E-state index < -0.39 is 107 Å². The number of rotatable bonds is 9. The fraction of sp³-hybridized carbons (Fsp3) is 0.111. The van der Waals surface area contributed by atoms with Crippen molar-refractivity contribution in [1.29, 1.82) is 0 Å². The zero-order valence-corrected chi connectivity index (χ0v) is 23.2. The van der Waals surface area contributed by atoms with Gasteiger partial charge in [0.05, 0.1) is 38.4 Å². The Bertz CT molecular complexity index is 1980. The standard InChI is InChI=1S/C18H17N3O14S4.Cu/c19-11-2-4-14(37(26,27)28)10-8-15(38(29,30)31)17(18(23)16(10)11)21-20-12-3-1-9(7-13(12)22)36(24,25)6-5-35-39(32,33)34;/h1-4,7-8,22-23H,5-6,19H2,(H,26,27,28)(H,29,30,31)(H,32,33,34);/q;+2/p-2. The van der Waals surface area contributed by atoms with Crippen LogP contribution in [0.3, 0.4) is 0 Å². The number of azo groups is 1. The van der Waals surface area contributed by atoms with Crippen LogP contribution in [0.25, 0.3) is 10.8 Å². The minimum absolute atomic E-state index is 0. The fourth-order valence-electron chi connectivity index (χ4n) is 3.19. The topological polar surface area (TPSA) is 312 Å². The summed E-state index contributed by atoms with van der Waals surface area (Å²) in [6.45, 7) is -1.04. The Labute approximate surface area is 241 Å². The molecule has 17 nitrogen and oxygen atoms in total. The third-order valence-electron chi connectivity index (χ3n) is 4.86. The van der Waals surface area contributed by atoms with Crippen LogP contribution in [-0.4, -0.2) is 59.7 Å². The van der Waals surface area contributed by atoms with Gasteiger partial charge in [0.1, 0.15) is 20.2 Å². The molecule has 3 aromatic rings. The molecule has 0 aliphatic carbocycles. The molecule has 3 aromatic carbocycles. The Morgan fingerprint density at radius 3 is 1.95 bits per heavy atom. The van der Waals surface area contributed by atoms with Crippen LogP contribution in [0.15, 0.2) is 61.3 Å². The van der Waals surface area contributed by atoms with E-state index in [4.69, 9.17) is 5.73 Å². The van der Waals surface area contributed by atoms with Gasteiger partial charge in [0.2, 0.25) is 10.4 Å². The van der Waals surface area contributed by atoms with Crippen LogP contribution in [0.2, 0.25) is 0 Å². The van der Waals surface area contributed by atoms with Crippen LogP contribution in [0.1, 0.15) is 4.28 Å². The van der Waals surface area contributed by atoms with E-state index in [1.54, 1.807) is 0 Å². The predicted octanol–water partition coefficient (Wildman–Crippen LogP) is -0.622. The fourth-order valence-corrected chi connectivity index (χ4v) is 5.98. The van der Waals surface area contributed by atoms with E-state index in [0.29, 0.717) is 18.2 Å². The van der Waals surface area contributed by atoms with Crippen molar-refractivity contribution in [2.45, 2.75) is 14.7 Å². The smallest absolute Gasteiger partial charge is 0.871 e. The molecule has 0 amide bonds. The molecule has 0 heterocycles. The Morgan fingerprint density at radius 1 is 0.825 bits per heavy atom. The number of sulfone groups is 1. The summed E-state index contributed by atoms with van der Waals surface area (Å²) >= 11 is 0. The van der Waals surface area contributed by atoms with Crippen molar-refractivity contribution in [2.24, 2.45) is 10.2 Å². The Kier molecular flexibility index (Phi) is 9.59. The summed E-state index contributed by atoms with van der Waals surface area (Å²) < 4.78 is 130. The molecule has 221 valence electrons. The van der Waals surface area contributed by atoms with Gasteiger partial charge >= 0.3 is 21.3 Å². The monoisotopic (exact) mass is 688 g/mol. The summed E-state index contributed by atoms with van der Waals surface area (Å²) in [5, 5.41) is 30.6. The van der Waals surface area contributed by atoms with Crippen LogP contribution in [0.5, 0.6) is 11.5 Å². The summed E-state index contributed by atoms with van der Waals surface area (Å²) in [5.41, 5.74) is 3.42. The van der Waals surface area contributed by atoms with Crippen molar-refractivity contribution < 1.29 is 83.1 Å². The first-order chi connectivity index (χ1) is 17.7. The molecule has 0 atom stereocenters. The average Bonchev–Trinajstić information content (AvgIpc) is 2.76. The molecular formula is C18H15CuN3O14S4. The van der Waals surface area contributed by atoms with Crippen molar-refractivity contribution in [3.05, 3.63) is 36.4 Å². The number of hydrogen-bond acceptors (Lipinski definition) is 17. The van der Waals surface area contributed by atoms with Gasteiger partial charge in [0.25, 0.3) is 0 Å². The molecule has 1 radical (unpaired) electrons. The molecule has 22 heteroatoms. The van der Waals surface area contributed by atoms with Crippen LogP contribution in [0.4, 0.5) is 17.1 Å². The number of anilines is 1. The first-order valence-electron chi connectivity index (χ1n) is 9.76. The Hall–Kier alpha value is -2.92. The minimum Gasteiger partial charge on any atom is -0.871 e. The minimum atomic E-state index is -5.56. The van der Waals surface area contributed by atoms with E-state index in [1.165, 1.54) is 0 Å². The quantitative estimate of drug-likeness (QED) is 0.0962. The van der Waals surface area contributed by atoms with E-state index in [2.05, 4.69) is 14.4 Å². The maximum atomic E-state index is 13.0. The van der Waals surface area contributed by atoms with E-state index in [0.717, 1.165) is 18.2 Å². The molecule has 40 heavy (non-hydrogen) atoms. The summed E-state index contributed by atoms with van der Waals surface area (Å²) in [6, 6.07) is 4.07. The molecule has 0 saturated carbocycles. The number of hydrogen-bond donors (Lipinski definition) is 1. The Balaban J connectivity index is 0. The second-order valence-corrected chi connectivity index (χ2v) is 13.3. The van der Waals surface area contributed by atoms with Crippen molar-refractivity contribution in [1.82, 2.24) is 0 Å². The van der Waals surface area contributed by atoms with Crippen molar-refractivity contribution in [3.63, 3.8) is 0 Å². The summed E-state index contributed by atoms with van der Waals surface area (Å²) in [7, 11) is -20.3. The maximum absolute atomic E-state index is 13.0. The predicted molar refractivity (Wildman–Crippen MR) is 125 cm³/mol. The van der Waals surface area contributed by atoms with Gasteiger partial charge in [-0.3, -0.25) is 4.18 Å². The molecule has 2 N–H and O–H groups in total. The summed E-state index contributed by atoms with van der Waals surface area (Å²) in [4.78, 5) is -3.08. The van der Waals surface area contributed by atoms with Crippen LogP contribution < -0.4 is 15.9 Å². The first kappa shape index (κ1) is 33.3. The molecule has 0 unspecified atom stereocenters. The van der Waals surface area contributed by atoms with Gasteiger partial charge < -0.3 is 29.6 Å². The molecule has 0 spiro atoms. The average molecular weight is 689 g/mol. The van der Waals surface area contributed by atoms with Gasteiger partial charge in [-0.25, -0.2) is 33.7 Å². The first-order valence-corrected chi connectivity index (χ1v) is 15.6. The van der Waals surface area contributed by atoms with Gasteiger partial charge in [-0.2, -0.15) is 5.11 Å². The zero-order valence-electron chi connectivity index (χ0n) is 22.0. The second kappa shape index (κ2) is 11.5. The van der Waals surface area contributed by atoms with Gasteiger partial charge in [-0.1, -0.05) is 11.5 Å². The molecule has 0 aromatic heterocycles. The number of nitrogens with zero attached hydrogens (tertiary/aromatic N) is 2. The largest absolute Gasteiger partial charge is 2.00 e.